The van der Waals surface area contributed by atoms with Crippen molar-refractivity contribution in [2.24, 2.45) is 13.0 Å². The van der Waals surface area contributed by atoms with Gasteiger partial charge < -0.3 is 9.47 Å². The van der Waals surface area contributed by atoms with E-state index in [1.54, 1.807) is 7.05 Å². The molecule has 30 heavy (non-hydrogen) atoms. The smallest absolute Gasteiger partial charge is 0.329 e. The summed E-state index contributed by atoms with van der Waals surface area (Å²) in [5.41, 5.74) is 1.07. The van der Waals surface area contributed by atoms with E-state index >= 15 is 0 Å². The van der Waals surface area contributed by atoms with Gasteiger partial charge in [-0.1, -0.05) is 26.0 Å². The Hall–Kier alpha value is -2.94. The Bertz CT molecular complexity index is 1150. The quantitative estimate of drug-likeness (QED) is 0.685. The minimum absolute atomic E-state index is 0.225. The van der Waals surface area contributed by atoms with Crippen LogP contribution in [0, 0.1) is 11.7 Å². The normalized spacial score (nSPS) is 15.4. The highest BCUT2D eigenvalue weighted by atomic mass is 19.1. The zero-order valence-corrected chi connectivity index (χ0v) is 17.6. The summed E-state index contributed by atoms with van der Waals surface area (Å²) >= 11 is 0. The molecule has 160 valence electrons. The van der Waals surface area contributed by atoms with Gasteiger partial charge in [-0.25, -0.2) is 9.18 Å². The summed E-state index contributed by atoms with van der Waals surface area (Å²) in [5.74, 6) is 0.821. The highest BCUT2D eigenvalue weighted by Gasteiger charge is 2.25. The second kappa shape index (κ2) is 8.06. The SMILES string of the molecule is CC(C)Cn1c(N2CCN(Cc3ccc(F)cc3)CC2)nc2c1c(=O)[nH]c(=O)n2C. The van der Waals surface area contributed by atoms with Crippen LogP contribution in [-0.2, 0) is 20.1 Å². The third kappa shape index (κ3) is 3.89. The standard InChI is InChI=1S/C21H27FN6O2/c1-14(2)12-28-17-18(25(3)21(30)24-19(17)29)23-20(28)27-10-8-26(9-11-27)13-15-4-6-16(22)7-5-15/h4-7,14H,8-13H2,1-3H3,(H,24,29,30). The van der Waals surface area contributed by atoms with Gasteiger partial charge in [0.05, 0.1) is 0 Å². The molecule has 1 fully saturated rings. The van der Waals surface area contributed by atoms with Crippen LogP contribution in [0.4, 0.5) is 10.3 Å². The molecule has 0 aliphatic carbocycles. The van der Waals surface area contributed by atoms with Gasteiger partial charge >= 0.3 is 5.69 Å². The third-order valence-electron chi connectivity index (χ3n) is 5.51. The zero-order chi connectivity index (χ0) is 21.4. The van der Waals surface area contributed by atoms with Crippen LogP contribution >= 0.6 is 0 Å². The number of H-pyrrole nitrogens is 1. The van der Waals surface area contributed by atoms with Crippen molar-refractivity contribution in [3.63, 3.8) is 0 Å². The number of benzene rings is 1. The van der Waals surface area contributed by atoms with Crippen LogP contribution < -0.4 is 16.1 Å². The molecule has 3 aromatic rings. The first-order chi connectivity index (χ1) is 14.3. The van der Waals surface area contributed by atoms with Crippen LogP contribution in [0.15, 0.2) is 33.9 Å². The molecule has 0 bridgehead atoms. The van der Waals surface area contributed by atoms with E-state index < -0.39 is 11.2 Å². The Labute approximate surface area is 173 Å². The molecule has 0 spiro atoms. The number of imidazole rings is 1. The predicted molar refractivity (Wildman–Crippen MR) is 114 cm³/mol. The molecule has 1 saturated heterocycles. The van der Waals surface area contributed by atoms with Gasteiger partial charge in [-0.05, 0) is 23.6 Å². The average Bonchev–Trinajstić information content (AvgIpc) is 3.08. The van der Waals surface area contributed by atoms with Crippen molar-refractivity contribution in [3.05, 3.63) is 56.5 Å². The first-order valence-corrected chi connectivity index (χ1v) is 10.2. The molecule has 0 saturated carbocycles. The summed E-state index contributed by atoms with van der Waals surface area (Å²) < 4.78 is 16.5. The Morgan fingerprint density at radius 1 is 1.10 bits per heavy atom. The first-order valence-electron chi connectivity index (χ1n) is 10.2. The molecule has 0 atom stereocenters. The molecule has 3 heterocycles. The minimum atomic E-state index is -0.461. The Morgan fingerprint density at radius 2 is 1.77 bits per heavy atom. The summed E-state index contributed by atoms with van der Waals surface area (Å²) in [7, 11) is 1.62. The number of hydrogen-bond donors (Lipinski definition) is 1. The summed E-state index contributed by atoms with van der Waals surface area (Å²) in [4.78, 5) is 36.2. The second-order valence-corrected chi connectivity index (χ2v) is 8.30. The number of fused-ring (bicyclic) bond motifs is 1. The highest BCUT2D eigenvalue weighted by Crippen LogP contribution is 2.22. The van der Waals surface area contributed by atoms with Crippen molar-refractivity contribution in [3.8, 4) is 0 Å². The maximum absolute atomic E-state index is 13.1. The van der Waals surface area contributed by atoms with Gasteiger partial charge in [-0.2, -0.15) is 4.98 Å². The maximum atomic E-state index is 13.1. The number of nitrogens with zero attached hydrogens (tertiary/aromatic N) is 5. The lowest BCUT2D eigenvalue weighted by Crippen LogP contribution is -2.47. The summed E-state index contributed by atoms with van der Waals surface area (Å²) in [5, 5.41) is 0. The van der Waals surface area contributed by atoms with Crippen LogP contribution in [0.25, 0.3) is 11.2 Å². The molecule has 1 aliphatic rings. The maximum Gasteiger partial charge on any atom is 0.329 e. The molecular weight excluding hydrogens is 387 g/mol. The number of hydrogen-bond acceptors (Lipinski definition) is 5. The Balaban J connectivity index is 1.59. The fraction of sp³-hybridized carbons (Fsp3) is 0.476. The minimum Gasteiger partial charge on any atom is -0.340 e. The molecule has 0 unspecified atom stereocenters. The van der Waals surface area contributed by atoms with Crippen LogP contribution in [0.3, 0.4) is 0 Å². The van der Waals surface area contributed by atoms with Crippen molar-refractivity contribution in [2.45, 2.75) is 26.9 Å². The van der Waals surface area contributed by atoms with E-state index in [0.717, 1.165) is 44.2 Å². The molecule has 1 aromatic carbocycles. The largest absolute Gasteiger partial charge is 0.340 e. The van der Waals surface area contributed by atoms with E-state index in [9.17, 15) is 14.0 Å². The van der Waals surface area contributed by atoms with Gasteiger partial charge in [0.2, 0.25) is 5.95 Å². The second-order valence-electron chi connectivity index (χ2n) is 8.30. The van der Waals surface area contributed by atoms with Gasteiger partial charge in [0, 0.05) is 46.3 Å². The van der Waals surface area contributed by atoms with Crippen molar-refractivity contribution < 1.29 is 4.39 Å². The summed E-state index contributed by atoms with van der Waals surface area (Å²) in [6, 6.07) is 6.61. The van der Waals surface area contributed by atoms with Gasteiger partial charge in [0.25, 0.3) is 5.56 Å². The Kier molecular flexibility index (Phi) is 5.46. The first kappa shape index (κ1) is 20.3. The number of piperazine rings is 1. The van der Waals surface area contributed by atoms with Crippen LogP contribution in [0.2, 0.25) is 0 Å². The molecular formula is C21H27FN6O2. The van der Waals surface area contributed by atoms with Crippen LogP contribution in [-0.4, -0.2) is 50.2 Å². The van der Waals surface area contributed by atoms with Crippen molar-refractivity contribution in [2.75, 3.05) is 31.1 Å². The van der Waals surface area contributed by atoms with E-state index in [1.807, 2.05) is 16.7 Å². The lowest BCUT2D eigenvalue weighted by atomic mass is 10.2. The van der Waals surface area contributed by atoms with Crippen molar-refractivity contribution >= 4 is 17.1 Å². The number of aromatic nitrogens is 4. The third-order valence-corrected chi connectivity index (χ3v) is 5.51. The lowest BCUT2D eigenvalue weighted by molar-refractivity contribution is 0.248. The highest BCUT2D eigenvalue weighted by molar-refractivity contribution is 5.74. The van der Waals surface area contributed by atoms with Gasteiger partial charge in [-0.15, -0.1) is 0 Å². The van der Waals surface area contributed by atoms with E-state index in [2.05, 4.69) is 28.6 Å². The zero-order valence-electron chi connectivity index (χ0n) is 17.6. The van der Waals surface area contributed by atoms with Gasteiger partial charge in [-0.3, -0.25) is 19.2 Å². The molecule has 2 aromatic heterocycles. The topological polar surface area (TPSA) is 79.2 Å². The summed E-state index contributed by atoms with van der Waals surface area (Å²) in [6.45, 7) is 8.77. The average molecular weight is 414 g/mol. The van der Waals surface area contributed by atoms with E-state index in [1.165, 1.54) is 16.7 Å². The Morgan fingerprint density at radius 3 is 2.40 bits per heavy atom. The molecule has 1 aliphatic heterocycles. The monoisotopic (exact) mass is 414 g/mol. The molecule has 0 radical (unpaired) electrons. The lowest BCUT2D eigenvalue weighted by Gasteiger charge is -2.35. The molecule has 9 heteroatoms. The fourth-order valence-electron chi connectivity index (χ4n) is 3.96. The molecule has 8 nitrogen and oxygen atoms in total. The number of halogens is 1. The van der Waals surface area contributed by atoms with Gasteiger partial charge in [0.15, 0.2) is 11.2 Å². The van der Waals surface area contributed by atoms with Gasteiger partial charge in [0.1, 0.15) is 5.82 Å². The van der Waals surface area contributed by atoms with E-state index in [0.29, 0.717) is 23.6 Å². The predicted octanol–water partition coefficient (Wildman–Crippen LogP) is 1.54. The molecule has 1 N–H and O–H groups in total. The number of aryl methyl sites for hydroxylation is 1. The van der Waals surface area contributed by atoms with Crippen LogP contribution in [0.1, 0.15) is 19.4 Å². The van der Waals surface area contributed by atoms with Crippen molar-refractivity contribution in [1.29, 1.82) is 0 Å². The number of rotatable bonds is 5. The van der Waals surface area contributed by atoms with Crippen molar-refractivity contribution in [1.82, 2.24) is 24.0 Å². The van der Waals surface area contributed by atoms with E-state index in [-0.39, 0.29) is 5.82 Å². The molecule has 0 amide bonds. The van der Waals surface area contributed by atoms with Crippen LogP contribution in [0.5, 0.6) is 0 Å². The van der Waals surface area contributed by atoms with E-state index in [4.69, 9.17) is 4.98 Å². The number of aromatic amines is 1. The number of nitrogens with one attached hydrogen (secondary N) is 1. The fourth-order valence-corrected chi connectivity index (χ4v) is 3.96. The number of anilines is 1. The summed E-state index contributed by atoms with van der Waals surface area (Å²) in [6.07, 6.45) is 0. The molecule has 4 rings (SSSR count).